The van der Waals surface area contributed by atoms with E-state index in [-0.39, 0.29) is 6.10 Å². The van der Waals surface area contributed by atoms with Crippen molar-refractivity contribution in [2.24, 2.45) is 5.92 Å². The van der Waals surface area contributed by atoms with Crippen LogP contribution in [0.2, 0.25) is 0 Å². The quantitative estimate of drug-likeness (QED) is 0.341. The van der Waals surface area contributed by atoms with Crippen LogP contribution in [0.1, 0.15) is 79.1 Å². The van der Waals surface area contributed by atoms with Gasteiger partial charge in [0.05, 0.1) is 25.6 Å². The van der Waals surface area contributed by atoms with Crippen molar-refractivity contribution in [3.05, 3.63) is 12.2 Å². The third kappa shape index (κ3) is 10.7. The number of hydrogen-bond donors (Lipinski definition) is 1. The fourth-order valence-electron chi connectivity index (χ4n) is 3.49. The van der Waals surface area contributed by atoms with E-state index in [9.17, 15) is 15.0 Å². The normalized spacial score (nSPS) is 14.8. The average Bonchev–Trinajstić information content (AvgIpc) is 2.59. The minimum absolute atomic E-state index is 0.380. The van der Waals surface area contributed by atoms with Crippen LogP contribution >= 0.6 is 0 Å². The Bertz CT molecular complexity index is 360. The summed E-state index contributed by atoms with van der Waals surface area (Å²) in [4.78, 5) is 11.5. The Morgan fingerprint density at radius 2 is 1.64 bits per heavy atom. The summed E-state index contributed by atoms with van der Waals surface area (Å²) < 4.78 is 0.715. The molecule has 4 nitrogen and oxygen atoms in total. The van der Waals surface area contributed by atoms with E-state index in [0.717, 1.165) is 58.0 Å². The van der Waals surface area contributed by atoms with Crippen LogP contribution < -0.4 is 5.11 Å². The summed E-state index contributed by atoms with van der Waals surface area (Å²) in [5.74, 6) is -1.38. The van der Waals surface area contributed by atoms with Gasteiger partial charge in [0.15, 0.2) is 0 Å². The van der Waals surface area contributed by atoms with Crippen LogP contribution in [0.5, 0.6) is 0 Å². The molecule has 1 N–H and O–H groups in total. The number of hydrogen-bond acceptors (Lipinski definition) is 3. The van der Waals surface area contributed by atoms with Gasteiger partial charge in [-0.05, 0) is 38.5 Å². The van der Waals surface area contributed by atoms with Crippen molar-refractivity contribution in [2.45, 2.75) is 85.2 Å². The first kappa shape index (κ1) is 24.1. The number of aliphatic hydroxyl groups excluding tert-OH is 1. The maximum Gasteiger partial charge on any atom is 0.105 e. The number of carboxylic acids is 1. The van der Waals surface area contributed by atoms with Gasteiger partial charge >= 0.3 is 0 Å². The highest BCUT2D eigenvalue weighted by molar-refractivity contribution is 5.67. The lowest BCUT2D eigenvalue weighted by molar-refractivity contribution is -0.933. The van der Waals surface area contributed by atoms with Crippen LogP contribution in [-0.4, -0.2) is 47.8 Å². The Morgan fingerprint density at radius 3 is 2.08 bits per heavy atom. The largest absolute Gasteiger partial charge is 0.550 e. The fourth-order valence-corrected chi connectivity index (χ4v) is 3.49. The molecule has 2 atom stereocenters. The summed E-state index contributed by atoms with van der Waals surface area (Å²) in [5, 5.41) is 22.1. The molecule has 0 rings (SSSR count). The van der Waals surface area contributed by atoms with E-state index in [0.29, 0.717) is 24.0 Å². The zero-order valence-electron chi connectivity index (χ0n) is 17.0. The second-order valence-corrected chi connectivity index (χ2v) is 7.40. The third-order valence-electron chi connectivity index (χ3n) is 5.07. The molecule has 25 heavy (non-hydrogen) atoms. The number of allylic oxidation sites excluding steroid dienone is 2. The van der Waals surface area contributed by atoms with Gasteiger partial charge in [-0.15, -0.1) is 0 Å². The van der Waals surface area contributed by atoms with E-state index < -0.39 is 11.9 Å². The third-order valence-corrected chi connectivity index (χ3v) is 5.07. The number of quaternary nitrogens is 1. The summed E-state index contributed by atoms with van der Waals surface area (Å²) in [7, 11) is 0. The molecule has 0 fully saturated rings. The molecule has 0 bridgehead atoms. The Labute approximate surface area is 155 Å². The number of rotatable bonds is 16. The summed E-state index contributed by atoms with van der Waals surface area (Å²) in [6.07, 6.45) is 11.4. The maximum absolute atomic E-state index is 11.5. The minimum atomic E-state index is -0.946. The van der Waals surface area contributed by atoms with Gasteiger partial charge in [0, 0.05) is 5.92 Å². The van der Waals surface area contributed by atoms with Gasteiger partial charge in [-0.2, -0.15) is 0 Å². The molecule has 0 amide bonds. The van der Waals surface area contributed by atoms with Gasteiger partial charge in [0.1, 0.15) is 12.6 Å². The summed E-state index contributed by atoms with van der Waals surface area (Å²) in [6, 6.07) is 0. The molecule has 0 aromatic carbocycles. The number of aliphatic hydroxyl groups is 1. The van der Waals surface area contributed by atoms with Crippen LogP contribution in [0.4, 0.5) is 0 Å². The smallest absolute Gasteiger partial charge is 0.105 e. The van der Waals surface area contributed by atoms with Crippen LogP contribution in [0.25, 0.3) is 0 Å². The molecule has 0 saturated heterocycles. The monoisotopic (exact) mass is 355 g/mol. The Kier molecular flexibility index (Phi) is 13.8. The van der Waals surface area contributed by atoms with Gasteiger partial charge in [0.2, 0.25) is 0 Å². The topological polar surface area (TPSA) is 60.4 Å². The lowest BCUT2D eigenvalue weighted by Gasteiger charge is -2.43. The van der Waals surface area contributed by atoms with Crippen molar-refractivity contribution in [3.63, 3.8) is 0 Å². The number of carboxylic acid groups (broad SMARTS) is 1. The molecule has 4 heteroatoms. The predicted molar refractivity (Wildman–Crippen MR) is 103 cm³/mol. The maximum atomic E-state index is 11.5. The highest BCUT2D eigenvalue weighted by Crippen LogP contribution is 2.20. The molecule has 0 aliphatic rings. The zero-order valence-corrected chi connectivity index (χ0v) is 17.0. The SMILES string of the molecule is CC/C=C/CCC(O)C[N+](CCCC)(CCCC)CC(CC)C(=O)[O-]. The Balaban J connectivity index is 5.13. The number of nitrogens with zero attached hydrogens (tertiary/aromatic N) is 1. The van der Waals surface area contributed by atoms with Crippen LogP contribution in [0.15, 0.2) is 12.2 Å². The number of unbranched alkanes of at least 4 members (excludes halogenated alkanes) is 2. The highest BCUT2D eigenvalue weighted by Gasteiger charge is 2.32. The van der Waals surface area contributed by atoms with Gasteiger partial charge < -0.3 is 19.5 Å². The van der Waals surface area contributed by atoms with Crippen molar-refractivity contribution < 1.29 is 19.5 Å². The van der Waals surface area contributed by atoms with Crippen molar-refractivity contribution >= 4 is 5.97 Å². The molecule has 0 heterocycles. The van der Waals surface area contributed by atoms with E-state index in [1.54, 1.807) is 0 Å². The van der Waals surface area contributed by atoms with Gasteiger partial charge in [0.25, 0.3) is 0 Å². The molecule has 2 unspecified atom stereocenters. The lowest BCUT2D eigenvalue weighted by Crippen LogP contribution is -2.57. The number of carbonyl (C=O) groups excluding carboxylic acids is 1. The second kappa shape index (κ2) is 14.3. The van der Waals surface area contributed by atoms with E-state index in [1.807, 2.05) is 6.92 Å². The minimum Gasteiger partial charge on any atom is -0.550 e. The molecule has 0 aliphatic carbocycles. The summed E-state index contributed by atoms with van der Waals surface area (Å²) in [6.45, 7) is 11.5. The van der Waals surface area contributed by atoms with Crippen molar-refractivity contribution in [2.75, 3.05) is 26.2 Å². The molecule has 0 aromatic heterocycles. The molecule has 0 radical (unpaired) electrons. The first-order valence-electron chi connectivity index (χ1n) is 10.3. The average molecular weight is 356 g/mol. The van der Waals surface area contributed by atoms with Crippen LogP contribution in [-0.2, 0) is 4.79 Å². The predicted octanol–water partition coefficient (Wildman–Crippen LogP) is 3.29. The number of carbonyl (C=O) groups is 1. The molecular weight excluding hydrogens is 314 g/mol. The van der Waals surface area contributed by atoms with Gasteiger partial charge in [-0.1, -0.05) is 52.7 Å². The molecular formula is C21H41NO3. The van der Waals surface area contributed by atoms with Crippen LogP contribution in [0.3, 0.4) is 0 Å². The molecule has 0 saturated carbocycles. The summed E-state index contributed by atoms with van der Waals surface area (Å²) >= 11 is 0. The summed E-state index contributed by atoms with van der Waals surface area (Å²) in [5.41, 5.74) is 0. The highest BCUT2D eigenvalue weighted by atomic mass is 16.4. The van der Waals surface area contributed by atoms with Crippen LogP contribution in [0, 0.1) is 5.92 Å². The van der Waals surface area contributed by atoms with Crippen molar-refractivity contribution in [3.8, 4) is 0 Å². The van der Waals surface area contributed by atoms with Gasteiger partial charge in [-0.25, -0.2) is 0 Å². The molecule has 0 aromatic rings. The van der Waals surface area contributed by atoms with E-state index in [2.05, 4.69) is 32.9 Å². The molecule has 0 spiro atoms. The molecule has 0 aliphatic heterocycles. The van der Waals surface area contributed by atoms with Crippen molar-refractivity contribution in [1.82, 2.24) is 0 Å². The van der Waals surface area contributed by atoms with E-state index in [4.69, 9.17) is 0 Å². The first-order valence-corrected chi connectivity index (χ1v) is 10.3. The number of aliphatic carboxylic acids is 1. The second-order valence-electron chi connectivity index (χ2n) is 7.40. The van der Waals surface area contributed by atoms with E-state index >= 15 is 0 Å². The molecule has 148 valence electrons. The Morgan fingerprint density at radius 1 is 1.04 bits per heavy atom. The van der Waals surface area contributed by atoms with Gasteiger partial charge in [-0.3, -0.25) is 0 Å². The Hall–Kier alpha value is -0.870. The lowest BCUT2D eigenvalue weighted by atomic mass is 10.0. The van der Waals surface area contributed by atoms with E-state index in [1.165, 1.54) is 0 Å². The standard InChI is InChI=1S/C21H41NO3/c1-5-9-12-13-14-20(23)18-22(15-10-6-2,16-11-7-3)17-19(8-4)21(24)25/h9,12,19-20,23H,5-8,10-11,13-18H2,1-4H3/b12-9+. The first-order chi connectivity index (χ1) is 11.9. The zero-order chi connectivity index (χ0) is 19.1. The van der Waals surface area contributed by atoms with Crippen molar-refractivity contribution in [1.29, 1.82) is 0 Å². The fraction of sp³-hybridized carbons (Fsp3) is 0.857.